The summed E-state index contributed by atoms with van der Waals surface area (Å²) >= 11 is 0. The van der Waals surface area contributed by atoms with Crippen molar-refractivity contribution in [3.05, 3.63) is 70.8 Å². The third-order valence-corrected chi connectivity index (χ3v) is 5.34. The van der Waals surface area contributed by atoms with Gasteiger partial charge in [-0.1, -0.05) is 12.1 Å². The highest BCUT2D eigenvalue weighted by Crippen LogP contribution is 2.39. The molecule has 34 heavy (non-hydrogen) atoms. The molecule has 0 radical (unpaired) electrons. The second-order valence-corrected chi connectivity index (χ2v) is 7.40. The van der Waals surface area contributed by atoms with Gasteiger partial charge in [0.1, 0.15) is 11.5 Å². The van der Waals surface area contributed by atoms with Crippen LogP contribution >= 0.6 is 0 Å². The van der Waals surface area contributed by atoms with Crippen LogP contribution in [0, 0.1) is 0 Å². The molecule has 1 atom stereocenters. The molecule has 9 heteroatoms. The molecule has 1 aliphatic heterocycles. The zero-order chi connectivity index (χ0) is 24.7. The van der Waals surface area contributed by atoms with Crippen LogP contribution in [-0.4, -0.2) is 72.9 Å². The van der Waals surface area contributed by atoms with Gasteiger partial charge in [-0.25, -0.2) is 4.79 Å². The summed E-state index contributed by atoms with van der Waals surface area (Å²) in [6.45, 7) is 2.41. The van der Waals surface area contributed by atoms with Gasteiger partial charge in [-0.3, -0.25) is 9.59 Å². The number of amides is 1. The average Bonchev–Trinajstić information content (AvgIpc) is 3.11. The van der Waals surface area contributed by atoms with Crippen molar-refractivity contribution in [3.8, 4) is 5.75 Å². The number of rotatable bonds is 10. The van der Waals surface area contributed by atoms with Crippen molar-refractivity contribution in [2.75, 3.05) is 40.1 Å². The third-order valence-electron chi connectivity index (χ3n) is 5.34. The third kappa shape index (κ3) is 5.27. The largest absolute Gasteiger partial charge is 0.507 e. The number of carbonyl (C=O) groups excluding carboxylic acids is 3. The first kappa shape index (κ1) is 24.9. The number of Topliss-reactive ketones (excluding diaryl/α,β-unsaturated/α-hetero) is 1. The van der Waals surface area contributed by atoms with Crippen LogP contribution in [0.2, 0.25) is 0 Å². The lowest BCUT2D eigenvalue weighted by atomic mass is 9.94. The molecule has 0 spiro atoms. The van der Waals surface area contributed by atoms with Crippen molar-refractivity contribution in [3.63, 3.8) is 0 Å². The summed E-state index contributed by atoms with van der Waals surface area (Å²) in [7, 11) is 1.27. The number of ketones is 1. The molecule has 180 valence electrons. The van der Waals surface area contributed by atoms with E-state index in [1.807, 2.05) is 6.92 Å². The zero-order valence-electron chi connectivity index (χ0n) is 19.0. The van der Waals surface area contributed by atoms with Crippen LogP contribution in [0.4, 0.5) is 0 Å². The van der Waals surface area contributed by atoms with Crippen LogP contribution in [0.3, 0.4) is 0 Å². The molecule has 9 nitrogen and oxygen atoms in total. The molecule has 2 aromatic rings. The van der Waals surface area contributed by atoms with E-state index in [1.165, 1.54) is 24.1 Å². The van der Waals surface area contributed by atoms with E-state index in [-0.39, 0.29) is 37.7 Å². The van der Waals surface area contributed by atoms with Crippen molar-refractivity contribution in [1.29, 1.82) is 0 Å². The maximum atomic E-state index is 13.0. The lowest BCUT2D eigenvalue weighted by Gasteiger charge is -2.25. The fourth-order valence-electron chi connectivity index (χ4n) is 3.74. The first-order valence-corrected chi connectivity index (χ1v) is 10.8. The summed E-state index contributed by atoms with van der Waals surface area (Å²) in [6.07, 6.45) is 0. The Morgan fingerprint density at radius 3 is 2.24 bits per heavy atom. The fourth-order valence-corrected chi connectivity index (χ4v) is 3.74. The van der Waals surface area contributed by atoms with Crippen LogP contribution in [0.15, 0.2) is 54.1 Å². The van der Waals surface area contributed by atoms with Gasteiger partial charge in [0.15, 0.2) is 0 Å². The molecule has 2 aromatic carbocycles. The van der Waals surface area contributed by atoms with Gasteiger partial charge in [0, 0.05) is 12.1 Å². The normalized spacial score (nSPS) is 17.1. The van der Waals surface area contributed by atoms with E-state index < -0.39 is 23.7 Å². The molecule has 3 rings (SSSR count). The molecular formula is C25H27NO8. The number of likely N-dealkylation sites (tertiary alicyclic amines) is 1. The van der Waals surface area contributed by atoms with Crippen LogP contribution < -0.4 is 4.74 Å². The molecule has 0 unspecified atom stereocenters. The molecule has 0 bridgehead atoms. The van der Waals surface area contributed by atoms with Crippen molar-refractivity contribution in [2.24, 2.45) is 0 Å². The molecule has 1 fully saturated rings. The van der Waals surface area contributed by atoms with Crippen LogP contribution in [0.25, 0.3) is 5.76 Å². The number of benzene rings is 2. The van der Waals surface area contributed by atoms with Gasteiger partial charge in [-0.2, -0.15) is 0 Å². The van der Waals surface area contributed by atoms with E-state index >= 15 is 0 Å². The summed E-state index contributed by atoms with van der Waals surface area (Å²) in [5, 5.41) is 20.0. The van der Waals surface area contributed by atoms with Gasteiger partial charge in [0.25, 0.3) is 11.7 Å². The van der Waals surface area contributed by atoms with E-state index in [0.717, 1.165) is 0 Å². The van der Waals surface area contributed by atoms with Crippen molar-refractivity contribution >= 4 is 23.4 Å². The highest BCUT2D eigenvalue weighted by atomic mass is 16.5. The monoisotopic (exact) mass is 469 g/mol. The van der Waals surface area contributed by atoms with E-state index in [2.05, 4.69) is 0 Å². The van der Waals surface area contributed by atoms with Gasteiger partial charge in [-0.05, 0) is 48.9 Å². The highest BCUT2D eigenvalue weighted by molar-refractivity contribution is 6.46. The Labute approximate surface area is 197 Å². The van der Waals surface area contributed by atoms with Crippen molar-refractivity contribution in [2.45, 2.75) is 13.0 Å². The predicted molar refractivity (Wildman–Crippen MR) is 122 cm³/mol. The summed E-state index contributed by atoms with van der Waals surface area (Å²) in [5.41, 5.74) is 1.12. The Balaban J connectivity index is 2.04. The van der Waals surface area contributed by atoms with Gasteiger partial charge in [0.2, 0.25) is 0 Å². The van der Waals surface area contributed by atoms with Crippen molar-refractivity contribution in [1.82, 2.24) is 4.90 Å². The second kappa shape index (κ2) is 11.4. The molecule has 1 amide bonds. The fraction of sp³-hybridized carbons (Fsp3) is 0.320. The topological polar surface area (TPSA) is 123 Å². The summed E-state index contributed by atoms with van der Waals surface area (Å²) in [5.74, 6) is -1.83. The first-order chi connectivity index (χ1) is 16.4. The Morgan fingerprint density at radius 2 is 1.65 bits per heavy atom. The second-order valence-electron chi connectivity index (χ2n) is 7.40. The molecule has 0 aromatic heterocycles. The number of aliphatic hydroxyl groups excluding tert-OH is 2. The van der Waals surface area contributed by atoms with Gasteiger partial charge < -0.3 is 29.3 Å². The SMILES string of the molecule is CCOc1ccc(C(O)=C2C(=O)C(=O)N(CCOCCO)[C@H]2c2ccc(C(=O)OC)cc2)cc1. The Kier molecular flexibility index (Phi) is 8.39. The lowest BCUT2D eigenvalue weighted by molar-refractivity contribution is -0.140. The highest BCUT2D eigenvalue weighted by Gasteiger charge is 2.45. The van der Waals surface area contributed by atoms with Crippen molar-refractivity contribution < 1.29 is 38.8 Å². The standard InChI is InChI=1S/C25H27NO8/c1-3-34-19-10-8-17(9-11-19)22(28)20-21(16-4-6-18(7-5-16)25(31)32-2)26(24(30)23(20)29)12-14-33-15-13-27/h4-11,21,27-28H,3,12-15H2,1-2H3/t21-/m0/s1. The van der Waals surface area contributed by atoms with E-state index in [0.29, 0.717) is 29.0 Å². The molecule has 2 N–H and O–H groups in total. The van der Waals surface area contributed by atoms with E-state index in [4.69, 9.17) is 19.3 Å². The zero-order valence-corrected chi connectivity index (χ0v) is 19.0. The maximum Gasteiger partial charge on any atom is 0.337 e. The van der Waals surface area contributed by atoms with Gasteiger partial charge >= 0.3 is 5.97 Å². The smallest absolute Gasteiger partial charge is 0.337 e. The van der Waals surface area contributed by atoms with Crippen LogP contribution in [-0.2, 0) is 19.1 Å². The minimum atomic E-state index is -0.893. The minimum absolute atomic E-state index is 0.0635. The van der Waals surface area contributed by atoms with E-state index in [9.17, 15) is 19.5 Å². The van der Waals surface area contributed by atoms with Gasteiger partial charge in [-0.15, -0.1) is 0 Å². The van der Waals surface area contributed by atoms with Gasteiger partial charge in [0.05, 0.1) is 50.7 Å². The maximum absolute atomic E-state index is 13.0. The molecular weight excluding hydrogens is 442 g/mol. The quantitative estimate of drug-likeness (QED) is 0.179. The lowest BCUT2D eigenvalue weighted by Crippen LogP contribution is -2.33. The molecule has 1 saturated heterocycles. The first-order valence-electron chi connectivity index (χ1n) is 10.8. The summed E-state index contributed by atoms with van der Waals surface area (Å²) in [4.78, 5) is 39.0. The molecule has 0 aliphatic carbocycles. The van der Waals surface area contributed by atoms with E-state index in [1.54, 1.807) is 36.4 Å². The Bertz CT molecular complexity index is 1060. The number of ether oxygens (including phenoxy) is 3. The summed E-state index contributed by atoms with van der Waals surface area (Å²) in [6, 6.07) is 11.9. The molecule has 0 saturated carbocycles. The number of hydrogen-bond acceptors (Lipinski definition) is 8. The average molecular weight is 469 g/mol. The minimum Gasteiger partial charge on any atom is -0.507 e. The number of nitrogens with zero attached hydrogens (tertiary/aromatic N) is 1. The number of aliphatic hydroxyl groups is 2. The number of esters is 1. The summed E-state index contributed by atoms with van der Waals surface area (Å²) < 4.78 is 15.4. The number of carbonyl (C=O) groups is 3. The number of methoxy groups -OCH3 is 1. The Morgan fingerprint density at radius 1 is 1.00 bits per heavy atom. The number of hydrogen-bond donors (Lipinski definition) is 2. The van der Waals surface area contributed by atoms with Crippen LogP contribution in [0.5, 0.6) is 5.75 Å². The molecule has 1 heterocycles. The Hall–Kier alpha value is -3.69. The predicted octanol–water partition coefficient (Wildman–Crippen LogP) is 2.30. The molecule has 1 aliphatic rings. The van der Waals surface area contributed by atoms with Crippen LogP contribution in [0.1, 0.15) is 34.5 Å².